The molecule has 0 aromatic heterocycles. The van der Waals surface area contributed by atoms with Crippen molar-refractivity contribution in [2.45, 2.75) is 38.0 Å². The summed E-state index contributed by atoms with van der Waals surface area (Å²) in [6.07, 6.45) is 0.946. The fourth-order valence-electron chi connectivity index (χ4n) is 12.7. The minimum atomic E-state index is -0.366. The summed E-state index contributed by atoms with van der Waals surface area (Å²) in [5.74, 6) is 0. The summed E-state index contributed by atoms with van der Waals surface area (Å²) in [4.78, 5) is 2.37. The molecular weight excluding hydrogens is 965 g/mol. The molecule has 12 aromatic carbocycles. The Morgan fingerprint density at radius 1 is 0.275 bits per heavy atom. The van der Waals surface area contributed by atoms with Gasteiger partial charge in [0.1, 0.15) is 0 Å². The smallest absolute Gasteiger partial charge is 0.0462 e. The van der Waals surface area contributed by atoms with Crippen LogP contribution < -0.4 is 10.6 Å². The van der Waals surface area contributed by atoms with Crippen molar-refractivity contribution in [2.24, 2.45) is 0 Å². The molecule has 13 rings (SSSR count). The van der Waals surface area contributed by atoms with Crippen LogP contribution in [0, 0.1) is 0 Å². The first-order valence-corrected chi connectivity index (χ1v) is 27.9. The first-order chi connectivity index (χ1) is 39.2. The molecule has 1 aliphatic rings. The van der Waals surface area contributed by atoms with Crippen LogP contribution in [0.2, 0.25) is 0 Å². The Kier molecular flexibility index (Phi) is 13.0. The molecule has 1 aliphatic carbocycles. The quantitative estimate of drug-likeness (QED) is 0.124. The second-order valence-corrected chi connectivity index (χ2v) is 22.3. The normalized spacial score (nSPS) is 14.3. The van der Waals surface area contributed by atoms with Gasteiger partial charge in [-0.15, -0.1) is 0 Å². The van der Waals surface area contributed by atoms with Gasteiger partial charge in [0, 0.05) is 28.2 Å². The van der Waals surface area contributed by atoms with Crippen LogP contribution in [0.15, 0.2) is 297 Å². The van der Waals surface area contributed by atoms with Gasteiger partial charge in [0.15, 0.2) is 0 Å². The third kappa shape index (κ3) is 9.50. The highest BCUT2D eigenvalue weighted by Crippen LogP contribution is 2.57. The molecule has 0 saturated heterocycles. The topological polar surface area (TPSA) is 29.3 Å². The Labute approximate surface area is 471 Å². The number of rotatable bonds is 12. The van der Waals surface area contributed by atoms with Gasteiger partial charge in [-0.1, -0.05) is 263 Å². The van der Waals surface area contributed by atoms with Gasteiger partial charge < -0.3 is 10.6 Å². The second-order valence-electron chi connectivity index (χ2n) is 22.3. The highest BCUT2D eigenvalue weighted by molar-refractivity contribution is 5.98. The largest absolute Gasteiger partial charge is 0.399 e. The molecule has 0 saturated carbocycles. The second kappa shape index (κ2) is 20.9. The summed E-state index contributed by atoms with van der Waals surface area (Å²) in [6, 6.07) is 109. The molecule has 80 heavy (non-hydrogen) atoms. The lowest BCUT2D eigenvalue weighted by atomic mass is 9.70. The van der Waals surface area contributed by atoms with Crippen LogP contribution >= 0.6 is 0 Å². The summed E-state index contributed by atoms with van der Waals surface area (Å²) in [5.41, 5.74) is 33.1. The van der Waals surface area contributed by atoms with Gasteiger partial charge in [0.05, 0.1) is 0 Å². The molecule has 2 heteroatoms. The van der Waals surface area contributed by atoms with Crippen molar-refractivity contribution < 1.29 is 0 Å². The standard InChI is InChI=1S/C78H62N2/c1-77(2)53-78(3,73-51-49-71(63-32-41-67(79)42-33-63)75(64-28-24-58(25-29-64)54-16-8-4-9-17-54)76(73)65-30-26-59(27-31-65)55-18-10-5-11-19-55)74-52-66(40-50-72(74)77)62-38-47-70(48-39-62)80(68-43-34-60(35-44-68)56-20-12-6-13-21-56)69-45-36-61(37-46-69)57-22-14-7-15-23-57/h4-52H,53,79H2,1-3H3. The van der Waals surface area contributed by atoms with Crippen LogP contribution in [0.1, 0.15) is 43.9 Å². The number of benzene rings is 12. The fraction of sp³-hybridized carbons (Fsp3) is 0.0769. The molecule has 2 nitrogen and oxygen atoms in total. The molecule has 1 atom stereocenters. The number of hydrogen-bond acceptors (Lipinski definition) is 2. The number of anilines is 4. The molecule has 0 spiro atoms. The summed E-state index contributed by atoms with van der Waals surface area (Å²) >= 11 is 0. The van der Waals surface area contributed by atoms with Gasteiger partial charge in [0.25, 0.3) is 0 Å². The van der Waals surface area contributed by atoms with Gasteiger partial charge in [-0.2, -0.15) is 0 Å². The molecule has 12 aromatic rings. The zero-order valence-electron chi connectivity index (χ0n) is 45.5. The number of nitrogens with zero attached hydrogens (tertiary/aromatic N) is 1. The van der Waals surface area contributed by atoms with Crippen molar-refractivity contribution in [1.82, 2.24) is 0 Å². The van der Waals surface area contributed by atoms with Gasteiger partial charge in [-0.05, 0) is 172 Å². The van der Waals surface area contributed by atoms with Crippen LogP contribution in [0.5, 0.6) is 0 Å². The summed E-state index contributed by atoms with van der Waals surface area (Å²) in [5, 5.41) is 0. The van der Waals surface area contributed by atoms with Crippen LogP contribution in [-0.4, -0.2) is 0 Å². The summed E-state index contributed by atoms with van der Waals surface area (Å²) < 4.78 is 0. The highest BCUT2D eigenvalue weighted by Gasteiger charge is 2.47. The van der Waals surface area contributed by atoms with E-state index in [1.165, 1.54) is 100 Å². The predicted octanol–water partition coefficient (Wildman–Crippen LogP) is 21.1. The van der Waals surface area contributed by atoms with E-state index in [0.717, 1.165) is 34.7 Å². The molecule has 0 radical (unpaired) electrons. The number of hydrogen-bond donors (Lipinski definition) is 1. The lowest BCUT2D eigenvalue weighted by Gasteiger charge is -2.33. The zero-order chi connectivity index (χ0) is 54.2. The average Bonchev–Trinajstić information content (AvgIpc) is 3.55. The molecule has 1 unspecified atom stereocenters. The average molecular weight is 1030 g/mol. The summed E-state index contributed by atoms with van der Waals surface area (Å²) in [7, 11) is 0. The van der Waals surface area contributed by atoms with Crippen molar-refractivity contribution in [1.29, 1.82) is 0 Å². The van der Waals surface area contributed by atoms with E-state index >= 15 is 0 Å². The van der Waals surface area contributed by atoms with Crippen molar-refractivity contribution in [3.05, 3.63) is 314 Å². The molecule has 0 heterocycles. The SMILES string of the molecule is CC1(C)CC(C)(c2ccc(-c3ccc(N)cc3)c(-c3ccc(-c4ccccc4)cc3)c2-c2ccc(-c3ccccc3)cc2)c2cc(-c3ccc(N(c4ccc(-c5ccccc5)cc4)c4ccc(-c5ccccc5)cc4)cc3)ccc21. The van der Waals surface area contributed by atoms with Gasteiger partial charge in [-0.3, -0.25) is 0 Å². The first-order valence-electron chi connectivity index (χ1n) is 27.9. The van der Waals surface area contributed by atoms with Crippen molar-refractivity contribution in [2.75, 3.05) is 10.6 Å². The fourth-order valence-corrected chi connectivity index (χ4v) is 12.7. The maximum Gasteiger partial charge on any atom is 0.0462 e. The monoisotopic (exact) mass is 1030 g/mol. The zero-order valence-corrected chi connectivity index (χ0v) is 45.5. The number of fused-ring (bicyclic) bond motifs is 1. The molecule has 0 amide bonds. The minimum absolute atomic E-state index is 0.0966. The minimum Gasteiger partial charge on any atom is -0.399 e. The van der Waals surface area contributed by atoms with E-state index in [-0.39, 0.29) is 10.8 Å². The van der Waals surface area contributed by atoms with E-state index in [1.807, 2.05) is 12.1 Å². The Hall–Kier alpha value is -9.76. The van der Waals surface area contributed by atoms with Crippen LogP contribution in [0.3, 0.4) is 0 Å². The number of nitrogens with two attached hydrogens (primary N) is 1. The van der Waals surface area contributed by atoms with Crippen molar-refractivity contribution in [3.63, 3.8) is 0 Å². The van der Waals surface area contributed by atoms with E-state index in [4.69, 9.17) is 5.73 Å². The molecule has 384 valence electrons. The third-order valence-electron chi connectivity index (χ3n) is 16.6. The third-order valence-corrected chi connectivity index (χ3v) is 16.6. The molecule has 2 N–H and O–H groups in total. The van der Waals surface area contributed by atoms with E-state index in [0.29, 0.717) is 0 Å². The maximum absolute atomic E-state index is 6.37. The van der Waals surface area contributed by atoms with Gasteiger partial charge >= 0.3 is 0 Å². The Balaban J connectivity index is 0.937. The highest BCUT2D eigenvalue weighted by atomic mass is 15.1. The maximum atomic E-state index is 6.37. The molecule has 0 aliphatic heterocycles. The van der Waals surface area contributed by atoms with E-state index in [2.05, 4.69) is 311 Å². The van der Waals surface area contributed by atoms with Crippen LogP contribution in [0.25, 0.3) is 89.0 Å². The van der Waals surface area contributed by atoms with E-state index < -0.39 is 0 Å². The Morgan fingerprint density at radius 3 is 1.00 bits per heavy atom. The number of nitrogen functional groups attached to an aromatic ring is 1. The van der Waals surface area contributed by atoms with E-state index in [1.54, 1.807) is 0 Å². The lowest BCUT2D eigenvalue weighted by molar-refractivity contribution is 0.426. The van der Waals surface area contributed by atoms with Crippen molar-refractivity contribution in [3.8, 4) is 89.0 Å². The van der Waals surface area contributed by atoms with E-state index in [9.17, 15) is 0 Å². The predicted molar refractivity (Wildman–Crippen MR) is 340 cm³/mol. The first kappa shape index (κ1) is 49.8. The van der Waals surface area contributed by atoms with Crippen LogP contribution in [0.4, 0.5) is 22.7 Å². The van der Waals surface area contributed by atoms with Crippen LogP contribution in [-0.2, 0) is 10.8 Å². The molecule has 0 bridgehead atoms. The molecular formula is C78H62N2. The Bertz CT molecular complexity index is 4010. The lowest BCUT2D eigenvalue weighted by Crippen LogP contribution is -2.24. The Morgan fingerprint density at radius 2 is 0.588 bits per heavy atom. The van der Waals surface area contributed by atoms with Crippen molar-refractivity contribution >= 4 is 22.7 Å². The van der Waals surface area contributed by atoms with Gasteiger partial charge in [0.2, 0.25) is 0 Å². The summed E-state index contributed by atoms with van der Waals surface area (Å²) in [6.45, 7) is 7.36. The molecule has 0 fully saturated rings. The van der Waals surface area contributed by atoms with Gasteiger partial charge in [-0.25, -0.2) is 0 Å².